The van der Waals surface area contributed by atoms with E-state index in [0.717, 1.165) is 31.6 Å². The molecule has 0 unspecified atom stereocenters. The molecule has 0 radical (unpaired) electrons. The zero-order chi connectivity index (χ0) is 20.1. The number of hydrogen-bond acceptors (Lipinski definition) is 5. The van der Waals surface area contributed by atoms with Gasteiger partial charge < -0.3 is 15.1 Å². The van der Waals surface area contributed by atoms with Crippen LogP contribution in [0.15, 0.2) is 36.7 Å². The molecular formula is C22H28FN5O. The summed E-state index contributed by atoms with van der Waals surface area (Å²) in [6.07, 6.45) is 10.7. The molecule has 6 nitrogen and oxygen atoms in total. The number of hydrogen-bond donors (Lipinski definition) is 1. The summed E-state index contributed by atoms with van der Waals surface area (Å²) in [5, 5.41) is 3.41. The van der Waals surface area contributed by atoms with Gasteiger partial charge in [0.25, 0.3) is 5.91 Å². The fourth-order valence-electron chi connectivity index (χ4n) is 4.12. The van der Waals surface area contributed by atoms with Crippen LogP contribution in [0.5, 0.6) is 0 Å². The Bertz CT molecular complexity index is 795. The van der Waals surface area contributed by atoms with Crippen LogP contribution in [0.3, 0.4) is 0 Å². The fourth-order valence-corrected chi connectivity index (χ4v) is 4.12. The minimum atomic E-state index is -0.237. The molecule has 0 spiro atoms. The average Bonchev–Trinajstić information content (AvgIpc) is 3.03. The van der Waals surface area contributed by atoms with E-state index in [1.165, 1.54) is 37.8 Å². The molecule has 1 amide bonds. The van der Waals surface area contributed by atoms with Crippen molar-refractivity contribution in [3.8, 4) is 0 Å². The Labute approximate surface area is 171 Å². The summed E-state index contributed by atoms with van der Waals surface area (Å²) < 4.78 is 13.1. The Morgan fingerprint density at radius 1 is 0.931 bits per heavy atom. The van der Waals surface area contributed by atoms with Crippen molar-refractivity contribution in [3.05, 3.63) is 48.0 Å². The van der Waals surface area contributed by atoms with Gasteiger partial charge >= 0.3 is 0 Å². The van der Waals surface area contributed by atoms with Crippen LogP contribution in [0.4, 0.5) is 16.0 Å². The molecular weight excluding hydrogens is 369 g/mol. The van der Waals surface area contributed by atoms with Crippen LogP contribution in [-0.4, -0.2) is 53.0 Å². The number of halogens is 1. The molecule has 1 N–H and O–H groups in total. The third kappa shape index (κ3) is 5.02. The minimum absolute atomic E-state index is 0.0372. The Morgan fingerprint density at radius 3 is 2.17 bits per heavy atom. The van der Waals surface area contributed by atoms with Crippen molar-refractivity contribution in [2.75, 3.05) is 36.4 Å². The third-order valence-corrected chi connectivity index (χ3v) is 5.85. The lowest BCUT2D eigenvalue weighted by molar-refractivity contribution is 0.0746. The van der Waals surface area contributed by atoms with Crippen LogP contribution < -0.4 is 10.2 Å². The first-order valence-corrected chi connectivity index (χ1v) is 10.6. The largest absolute Gasteiger partial charge is 0.368 e. The summed E-state index contributed by atoms with van der Waals surface area (Å²) in [4.78, 5) is 25.5. The smallest absolute Gasteiger partial charge is 0.257 e. The Balaban J connectivity index is 1.31. The van der Waals surface area contributed by atoms with Gasteiger partial charge in [0.1, 0.15) is 5.82 Å². The maximum absolute atomic E-state index is 13.1. The number of amides is 1. The molecule has 1 aliphatic heterocycles. The lowest BCUT2D eigenvalue weighted by Crippen LogP contribution is -2.48. The summed E-state index contributed by atoms with van der Waals surface area (Å²) in [5.74, 6) is 0.332. The highest BCUT2D eigenvalue weighted by atomic mass is 19.1. The number of carbonyl (C=O) groups is 1. The molecule has 1 saturated carbocycles. The molecule has 0 atom stereocenters. The number of nitrogens with zero attached hydrogens (tertiary/aromatic N) is 4. The van der Waals surface area contributed by atoms with Crippen molar-refractivity contribution in [3.63, 3.8) is 0 Å². The predicted molar refractivity (Wildman–Crippen MR) is 112 cm³/mol. The van der Waals surface area contributed by atoms with Crippen molar-refractivity contribution in [1.29, 1.82) is 0 Å². The molecule has 0 bridgehead atoms. The molecule has 1 aromatic carbocycles. The normalized spacial score (nSPS) is 18.4. The highest BCUT2D eigenvalue weighted by Crippen LogP contribution is 2.20. The van der Waals surface area contributed by atoms with Gasteiger partial charge in [-0.1, -0.05) is 25.7 Å². The zero-order valence-corrected chi connectivity index (χ0v) is 16.7. The monoisotopic (exact) mass is 397 g/mol. The Kier molecular flexibility index (Phi) is 6.22. The highest BCUT2D eigenvalue weighted by Gasteiger charge is 2.23. The van der Waals surface area contributed by atoms with Crippen LogP contribution in [-0.2, 0) is 0 Å². The second-order valence-electron chi connectivity index (χ2n) is 7.88. The molecule has 2 aliphatic rings. The van der Waals surface area contributed by atoms with E-state index in [2.05, 4.69) is 20.2 Å². The summed E-state index contributed by atoms with van der Waals surface area (Å²) >= 11 is 0. The topological polar surface area (TPSA) is 61.4 Å². The molecule has 4 rings (SSSR count). The van der Waals surface area contributed by atoms with Crippen molar-refractivity contribution >= 4 is 17.5 Å². The maximum Gasteiger partial charge on any atom is 0.257 e. The number of anilines is 2. The lowest BCUT2D eigenvalue weighted by Gasteiger charge is -2.36. The van der Waals surface area contributed by atoms with Crippen LogP contribution in [0, 0.1) is 5.82 Å². The Morgan fingerprint density at radius 2 is 1.55 bits per heavy atom. The van der Waals surface area contributed by atoms with Crippen LogP contribution >= 0.6 is 0 Å². The molecule has 1 aliphatic carbocycles. The van der Waals surface area contributed by atoms with Gasteiger partial charge in [-0.15, -0.1) is 0 Å². The van der Waals surface area contributed by atoms with E-state index in [1.54, 1.807) is 24.5 Å². The summed E-state index contributed by atoms with van der Waals surface area (Å²) in [7, 11) is 0. The van der Waals surface area contributed by atoms with E-state index in [0.29, 0.717) is 30.6 Å². The molecule has 154 valence electrons. The van der Waals surface area contributed by atoms with Crippen LogP contribution in [0.2, 0.25) is 0 Å². The second-order valence-corrected chi connectivity index (χ2v) is 7.88. The maximum atomic E-state index is 13.1. The molecule has 2 fully saturated rings. The van der Waals surface area contributed by atoms with Gasteiger partial charge in [-0.3, -0.25) is 4.79 Å². The summed E-state index contributed by atoms with van der Waals surface area (Å²) in [5.41, 5.74) is 1.50. The number of nitrogens with one attached hydrogen (secondary N) is 1. The fraction of sp³-hybridized carbons (Fsp3) is 0.500. The number of piperazine rings is 1. The minimum Gasteiger partial charge on any atom is -0.368 e. The van der Waals surface area contributed by atoms with E-state index in [9.17, 15) is 9.18 Å². The van der Waals surface area contributed by atoms with Crippen LogP contribution in [0.1, 0.15) is 48.9 Å². The summed E-state index contributed by atoms with van der Waals surface area (Å²) in [6, 6.07) is 6.92. The van der Waals surface area contributed by atoms with Gasteiger partial charge in [0.2, 0.25) is 5.95 Å². The first-order chi connectivity index (χ1) is 14.2. The standard InChI is InChI=1S/C22H28FN5O/c23-18-7-9-20(10-8-18)27-11-13-28(14-12-27)21(29)17-15-24-22(25-16-17)26-19-5-3-1-2-4-6-19/h7-10,15-16,19H,1-6,11-14H2,(H,24,25,26). The van der Waals surface area contributed by atoms with E-state index in [1.807, 2.05) is 4.90 Å². The predicted octanol–water partition coefficient (Wildman–Crippen LogP) is 3.71. The van der Waals surface area contributed by atoms with Gasteiger partial charge in [-0.05, 0) is 37.1 Å². The molecule has 7 heteroatoms. The van der Waals surface area contributed by atoms with Crippen molar-refractivity contribution in [1.82, 2.24) is 14.9 Å². The van der Waals surface area contributed by atoms with E-state index in [-0.39, 0.29) is 11.7 Å². The summed E-state index contributed by atoms with van der Waals surface area (Å²) in [6.45, 7) is 2.69. The quantitative estimate of drug-likeness (QED) is 0.797. The zero-order valence-electron chi connectivity index (χ0n) is 16.7. The van der Waals surface area contributed by atoms with Gasteiger partial charge in [0.05, 0.1) is 5.56 Å². The lowest BCUT2D eigenvalue weighted by atomic mass is 10.1. The van der Waals surface area contributed by atoms with E-state index < -0.39 is 0 Å². The van der Waals surface area contributed by atoms with Crippen molar-refractivity contribution < 1.29 is 9.18 Å². The third-order valence-electron chi connectivity index (χ3n) is 5.85. The van der Waals surface area contributed by atoms with Crippen LogP contribution in [0.25, 0.3) is 0 Å². The number of aromatic nitrogens is 2. The van der Waals surface area contributed by atoms with Gasteiger partial charge in [0.15, 0.2) is 0 Å². The SMILES string of the molecule is O=C(c1cnc(NC2CCCCCC2)nc1)N1CCN(c2ccc(F)cc2)CC1. The average molecular weight is 397 g/mol. The number of carbonyl (C=O) groups excluding carboxylic acids is 1. The first kappa shape index (κ1) is 19.6. The van der Waals surface area contributed by atoms with E-state index in [4.69, 9.17) is 0 Å². The van der Waals surface area contributed by atoms with Gasteiger partial charge in [-0.25, -0.2) is 14.4 Å². The van der Waals surface area contributed by atoms with Gasteiger partial charge in [0, 0.05) is 50.3 Å². The molecule has 2 heterocycles. The molecule has 29 heavy (non-hydrogen) atoms. The van der Waals surface area contributed by atoms with Crippen molar-refractivity contribution in [2.24, 2.45) is 0 Å². The van der Waals surface area contributed by atoms with Gasteiger partial charge in [-0.2, -0.15) is 0 Å². The molecule has 2 aromatic rings. The molecule has 1 aromatic heterocycles. The molecule has 1 saturated heterocycles. The second kappa shape index (κ2) is 9.20. The Hall–Kier alpha value is -2.70. The number of rotatable bonds is 4. The van der Waals surface area contributed by atoms with Crippen molar-refractivity contribution in [2.45, 2.75) is 44.6 Å². The first-order valence-electron chi connectivity index (χ1n) is 10.6. The van der Waals surface area contributed by atoms with E-state index >= 15 is 0 Å². The highest BCUT2D eigenvalue weighted by molar-refractivity contribution is 5.93. The number of benzene rings is 1.